The van der Waals surface area contributed by atoms with Gasteiger partial charge in [0.15, 0.2) is 6.61 Å². The van der Waals surface area contributed by atoms with Crippen molar-refractivity contribution in [2.45, 2.75) is 6.54 Å². The van der Waals surface area contributed by atoms with E-state index >= 15 is 0 Å². The standard InChI is InChI=1S/C20H18ClN3O3/c1-26-17-7-5-14(6-8-17)19-10-16(23-13-24-19)11-22-20(25)12-27-18-4-2-3-15(21)9-18/h2-10,13H,11-12H2,1H3,(H,22,25). The van der Waals surface area contributed by atoms with Crippen molar-refractivity contribution in [3.63, 3.8) is 0 Å². The zero-order chi connectivity index (χ0) is 19.1. The molecule has 27 heavy (non-hydrogen) atoms. The molecule has 1 N–H and O–H groups in total. The average molecular weight is 384 g/mol. The van der Waals surface area contributed by atoms with Gasteiger partial charge in [0.2, 0.25) is 0 Å². The molecule has 0 saturated carbocycles. The normalized spacial score (nSPS) is 10.3. The van der Waals surface area contributed by atoms with E-state index in [4.69, 9.17) is 21.1 Å². The van der Waals surface area contributed by atoms with E-state index in [9.17, 15) is 4.79 Å². The summed E-state index contributed by atoms with van der Waals surface area (Å²) in [5, 5.41) is 3.33. The van der Waals surface area contributed by atoms with Gasteiger partial charge in [0.1, 0.15) is 17.8 Å². The molecule has 3 rings (SSSR count). The molecule has 138 valence electrons. The number of carbonyl (C=O) groups excluding carboxylic acids is 1. The molecule has 0 bridgehead atoms. The summed E-state index contributed by atoms with van der Waals surface area (Å²) in [6.07, 6.45) is 1.48. The molecular formula is C20H18ClN3O3. The smallest absolute Gasteiger partial charge is 0.258 e. The van der Waals surface area contributed by atoms with Crippen LogP contribution in [-0.2, 0) is 11.3 Å². The van der Waals surface area contributed by atoms with Gasteiger partial charge in [-0.2, -0.15) is 0 Å². The average Bonchev–Trinajstić information content (AvgIpc) is 2.71. The Morgan fingerprint density at radius 3 is 2.63 bits per heavy atom. The number of hydrogen-bond acceptors (Lipinski definition) is 5. The third-order valence-corrected chi connectivity index (χ3v) is 3.98. The van der Waals surface area contributed by atoms with E-state index in [0.29, 0.717) is 16.5 Å². The summed E-state index contributed by atoms with van der Waals surface area (Å²) < 4.78 is 10.6. The number of ether oxygens (including phenoxy) is 2. The molecule has 3 aromatic rings. The van der Waals surface area contributed by atoms with Gasteiger partial charge in [-0.05, 0) is 48.5 Å². The second kappa shape index (κ2) is 9.00. The van der Waals surface area contributed by atoms with Crippen molar-refractivity contribution < 1.29 is 14.3 Å². The van der Waals surface area contributed by atoms with Gasteiger partial charge >= 0.3 is 0 Å². The molecule has 0 fully saturated rings. The van der Waals surface area contributed by atoms with Gasteiger partial charge in [-0.1, -0.05) is 17.7 Å². The fourth-order valence-electron chi connectivity index (χ4n) is 2.36. The molecule has 0 saturated heterocycles. The summed E-state index contributed by atoms with van der Waals surface area (Å²) in [6.45, 7) is 0.181. The number of amides is 1. The minimum absolute atomic E-state index is 0.100. The summed E-state index contributed by atoms with van der Waals surface area (Å²) in [7, 11) is 1.62. The molecule has 2 aromatic carbocycles. The topological polar surface area (TPSA) is 73.3 Å². The Hall–Kier alpha value is -3.12. The number of methoxy groups -OCH3 is 1. The maximum atomic E-state index is 12.0. The molecule has 0 unspecified atom stereocenters. The van der Waals surface area contributed by atoms with E-state index in [0.717, 1.165) is 17.0 Å². The quantitative estimate of drug-likeness (QED) is 0.676. The maximum Gasteiger partial charge on any atom is 0.258 e. The van der Waals surface area contributed by atoms with Gasteiger partial charge in [-0.3, -0.25) is 4.79 Å². The second-order valence-electron chi connectivity index (χ2n) is 5.65. The fraction of sp³-hybridized carbons (Fsp3) is 0.150. The van der Waals surface area contributed by atoms with Crippen LogP contribution in [-0.4, -0.2) is 29.6 Å². The Morgan fingerprint density at radius 1 is 1.07 bits per heavy atom. The van der Waals surface area contributed by atoms with Crippen molar-refractivity contribution in [1.82, 2.24) is 15.3 Å². The molecular weight excluding hydrogens is 366 g/mol. The first-order chi connectivity index (χ1) is 13.1. The number of carbonyl (C=O) groups is 1. The van der Waals surface area contributed by atoms with Crippen LogP contribution in [0.5, 0.6) is 11.5 Å². The van der Waals surface area contributed by atoms with Gasteiger partial charge in [-0.25, -0.2) is 9.97 Å². The number of aromatic nitrogens is 2. The van der Waals surface area contributed by atoms with Crippen LogP contribution in [0.25, 0.3) is 11.3 Å². The summed E-state index contributed by atoms with van der Waals surface area (Å²) in [5.41, 5.74) is 2.41. The number of benzene rings is 2. The fourth-order valence-corrected chi connectivity index (χ4v) is 2.54. The van der Waals surface area contributed by atoms with Crippen LogP contribution in [0, 0.1) is 0 Å². The number of halogens is 1. The molecule has 0 radical (unpaired) electrons. The summed E-state index contributed by atoms with van der Waals surface area (Å²) in [5.74, 6) is 1.07. The molecule has 0 aliphatic rings. The van der Waals surface area contributed by atoms with Crippen molar-refractivity contribution in [1.29, 1.82) is 0 Å². The van der Waals surface area contributed by atoms with E-state index < -0.39 is 0 Å². The molecule has 7 heteroatoms. The van der Waals surface area contributed by atoms with E-state index in [-0.39, 0.29) is 19.1 Å². The monoisotopic (exact) mass is 383 g/mol. The second-order valence-corrected chi connectivity index (χ2v) is 6.08. The zero-order valence-electron chi connectivity index (χ0n) is 14.7. The van der Waals surface area contributed by atoms with Crippen LogP contribution in [0.4, 0.5) is 0 Å². The molecule has 1 amide bonds. The van der Waals surface area contributed by atoms with Crippen LogP contribution in [0.1, 0.15) is 5.69 Å². The number of nitrogens with one attached hydrogen (secondary N) is 1. The Balaban J connectivity index is 1.55. The molecule has 1 heterocycles. The van der Waals surface area contributed by atoms with Crippen LogP contribution in [0.3, 0.4) is 0 Å². The van der Waals surface area contributed by atoms with Crippen molar-refractivity contribution in [3.05, 3.63) is 71.6 Å². The first-order valence-electron chi connectivity index (χ1n) is 8.24. The molecule has 0 atom stereocenters. The minimum Gasteiger partial charge on any atom is -0.497 e. The third kappa shape index (κ3) is 5.43. The maximum absolute atomic E-state index is 12.0. The van der Waals surface area contributed by atoms with Gasteiger partial charge in [0.05, 0.1) is 25.0 Å². The van der Waals surface area contributed by atoms with Gasteiger partial charge in [-0.15, -0.1) is 0 Å². The van der Waals surface area contributed by atoms with Crippen molar-refractivity contribution in [3.8, 4) is 22.8 Å². The van der Waals surface area contributed by atoms with E-state index in [1.807, 2.05) is 30.3 Å². The predicted octanol–water partition coefficient (Wildman–Crippen LogP) is 3.50. The predicted molar refractivity (Wildman–Crippen MR) is 103 cm³/mol. The Bertz CT molecular complexity index is 916. The third-order valence-electron chi connectivity index (χ3n) is 3.74. The summed E-state index contributed by atoms with van der Waals surface area (Å²) >= 11 is 5.88. The van der Waals surface area contributed by atoms with Crippen LogP contribution >= 0.6 is 11.6 Å². The minimum atomic E-state index is -0.250. The molecule has 0 aliphatic carbocycles. The highest BCUT2D eigenvalue weighted by atomic mass is 35.5. The van der Waals surface area contributed by atoms with Crippen LogP contribution in [0.15, 0.2) is 60.9 Å². The van der Waals surface area contributed by atoms with Crippen molar-refractivity contribution >= 4 is 17.5 Å². The van der Waals surface area contributed by atoms with Crippen molar-refractivity contribution in [2.75, 3.05) is 13.7 Å². The first-order valence-corrected chi connectivity index (χ1v) is 8.62. The van der Waals surface area contributed by atoms with Crippen LogP contribution < -0.4 is 14.8 Å². The summed E-state index contributed by atoms with van der Waals surface area (Å²) in [6, 6.07) is 16.3. The van der Waals surface area contributed by atoms with Gasteiger partial charge in [0.25, 0.3) is 5.91 Å². The van der Waals surface area contributed by atoms with Gasteiger partial charge < -0.3 is 14.8 Å². The zero-order valence-corrected chi connectivity index (χ0v) is 15.4. The van der Waals surface area contributed by atoms with E-state index in [1.165, 1.54) is 6.33 Å². The highest BCUT2D eigenvalue weighted by Gasteiger charge is 2.06. The number of hydrogen-bond donors (Lipinski definition) is 1. The Morgan fingerprint density at radius 2 is 1.89 bits per heavy atom. The number of nitrogens with zero attached hydrogens (tertiary/aromatic N) is 2. The largest absolute Gasteiger partial charge is 0.497 e. The van der Waals surface area contributed by atoms with Gasteiger partial charge in [0, 0.05) is 10.6 Å². The van der Waals surface area contributed by atoms with E-state index in [2.05, 4.69) is 15.3 Å². The van der Waals surface area contributed by atoms with E-state index in [1.54, 1.807) is 31.4 Å². The molecule has 6 nitrogen and oxygen atoms in total. The lowest BCUT2D eigenvalue weighted by Gasteiger charge is -2.08. The number of rotatable bonds is 7. The lowest BCUT2D eigenvalue weighted by molar-refractivity contribution is -0.123. The molecule has 0 spiro atoms. The first kappa shape index (κ1) is 18.7. The molecule has 0 aliphatic heterocycles. The Kier molecular flexibility index (Phi) is 6.22. The highest BCUT2D eigenvalue weighted by Crippen LogP contribution is 2.20. The summed E-state index contributed by atoms with van der Waals surface area (Å²) in [4.78, 5) is 20.4. The Labute approximate surface area is 162 Å². The highest BCUT2D eigenvalue weighted by molar-refractivity contribution is 6.30. The lowest BCUT2D eigenvalue weighted by Crippen LogP contribution is -2.28. The van der Waals surface area contributed by atoms with Crippen LogP contribution in [0.2, 0.25) is 5.02 Å². The van der Waals surface area contributed by atoms with Crippen molar-refractivity contribution in [2.24, 2.45) is 0 Å². The molecule has 1 aromatic heterocycles. The lowest BCUT2D eigenvalue weighted by atomic mass is 10.1. The SMILES string of the molecule is COc1ccc(-c2cc(CNC(=O)COc3cccc(Cl)c3)ncn2)cc1.